The third-order valence-electron chi connectivity index (χ3n) is 2.55. The predicted molar refractivity (Wildman–Crippen MR) is 75.2 cm³/mol. The van der Waals surface area contributed by atoms with Crippen LogP contribution in [0.4, 0.5) is 5.82 Å². The molecule has 0 amide bonds. The number of hydrogen-bond donors (Lipinski definition) is 1. The number of anilines is 1. The van der Waals surface area contributed by atoms with E-state index in [1.54, 1.807) is 11.7 Å². The molecule has 1 N–H and O–H groups in total. The summed E-state index contributed by atoms with van der Waals surface area (Å²) in [6.07, 6.45) is 1.77. The quantitative estimate of drug-likeness (QED) is 0.779. The molecule has 0 radical (unpaired) electrons. The van der Waals surface area contributed by atoms with Crippen molar-refractivity contribution in [3.05, 3.63) is 34.9 Å². The second-order valence-electron chi connectivity index (χ2n) is 3.67. The lowest BCUT2D eigenvalue weighted by molar-refractivity contribution is 1.22. The molecule has 0 aliphatic rings. The van der Waals surface area contributed by atoms with Gasteiger partial charge in [-0.05, 0) is 18.2 Å². The summed E-state index contributed by atoms with van der Waals surface area (Å²) in [7, 11) is 1.83. The minimum atomic E-state index is 0.674. The Labute approximate surface area is 113 Å². The maximum atomic E-state index is 6.00. The van der Waals surface area contributed by atoms with Gasteiger partial charge in [0, 0.05) is 23.7 Å². The topological polar surface area (TPSA) is 50.7 Å². The largest absolute Gasteiger partial charge is 0.373 e. The van der Waals surface area contributed by atoms with Gasteiger partial charge in [-0.15, -0.1) is 11.3 Å². The van der Waals surface area contributed by atoms with Crippen molar-refractivity contribution in [2.75, 3.05) is 12.4 Å². The third kappa shape index (κ3) is 1.91. The minimum absolute atomic E-state index is 0.674. The van der Waals surface area contributed by atoms with Gasteiger partial charge in [-0.1, -0.05) is 11.6 Å². The van der Waals surface area contributed by atoms with Crippen molar-refractivity contribution in [2.45, 2.75) is 0 Å². The van der Waals surface area contributed by atoms with Crippen molar-refractivity contribution in [3.8, 4) is 10.7 Å². The summed E-state index contributed by atoms with van der Waals surface area (Å²) < 4.78 is 0. The van der Waals surface area contributed by atoms with Crippen LogP contribution >= 0.6 is 22.9 Å². The summed E-state index contributed by atoms with van der Waals surface area (Å²) in [5.74, 6) is 1.45. The first-order valence-corrected chi connectivity index (χ1v) is 6.57. The molecule has 1 aromatic carbocycles. The van der Waals surface area contributed by atoms with Crippen LogP contribution in [0.25, 0.3) is 21.6 Å². The Hall–Kier alpha value is -1.72. The van der Waals surface area contributed by atoms with E-state index in [0.29, 0.717) is 10.8 Å². The van der Waals surface area contributed by atoms with Crippen molar-refractivity contribution in [1.82, 2.24) is 15.0 Å². The molecule has 3 rings (SSSR count). The molecule has 3 aromatic rings. The Bertz CT molecular complexity index is 697. The smallest absolute Gasteiger partial charge is 0.173 e. The SMILES string of the molecule is CNc1nc(-c2cncs2)nc2ccc(Cl)cc12. The van der Waals surface area contributed by atoms with Gasteiger partial charge in [0.25, 0.3) is 0 Å². The van der Waals surface area contributed by atoms with Gasteiger partial charge in [-0.2, -0.15) is 0 Å². The van der Waals surface area contributed by atoms with Crippen LogP contribution in [0, 0.1) is 0 Å². The molecule has 0 atom stereocenters. The molecule has 0 saturated carbocycles. The van der Waals surface area contributed by atoms with Crippen molar-refractivity contribution < 1.29 is 0 Å². The fraction of sp³-hybridized carbons (Fsp3) is 0.0833. The molecule has 6 heteroatoms. The number of benzene rings is 1. The third-order valence-corrected chi connectivity index (χ3v) is 3.55. The summed E-state index contributed by atoms with van der Waals surface area (Å²) in [5.41, 5.74) is 2.63. The normalized spacial score (nSPS) is 10.8. The van der Waals surface area contributed by atoms with E-state index in [0.717, 1.165) is 21.6 Å². The highest BCUT2D eigenvalue weighted by Gasteiger charge is 2.09. The van der Waals surface area contributed by atoms with Crippen molar-refractivity contribution in [3.63, 3.8) is 0 Å². The summed E-state index contributed by atoms with van der Waals surface area (Å²) in [5, 5.41) is 4.66. The molecule has 4 nitrogen and oxygen atoms in total. The van der Waals surface area contributed by atoms with Gasteiger partial charge in [0.15, 0.2) is 5.82 Å². The molecule has 18 heavy (non-hydrogen) atoms. The molecular formula is C12H9ClN4S. The van der Waals surface area contributed by atoms with Crippen LogP contribution in [0.3, 0.4) is 0 Å². The fourth-order valence-electron chi connectivity index (χ4n) is 1.73. The van der Waals surface area contributed by atoms with Gasteiger partial charge in [0.05, 0.1) is 15.9 Å². The number of nitrogens with one attached hydrogen (secondary N) is 1. The van der Waals surface area contributed by atoms with Gasteiger partial charge < -0.3 is 5.32 Å². The van der Waals surface area contributed by atoms with Crippen LogP contribution in [-0.2, 0) is 0 Å². The zero-order chi connectivity index (χ0) is 12.5. The average molecular weight is 277 g/mol. The lowest BCUT2D eigenvalue weighted by Crippen LogP contribution is -1.98. The maximum absolute atomic E-state index is 6.00. The van der Waals surface area contributed by atoms with Crippen LogP contribution in [0.5, 0.6) is 0 Å². The number of thiazole rings is 1. The zero-order valence-corrected chi connectivity index (χ0v) is 11.1. The molecule has 0 bridgehead atoms. The van der Waals surface area contributed by atoms with Crippen LogP contribution in [-0.4, -0.2) is 22.0 Å². The molecule has 0 fully saturated rings. The van der Waals surface area contributed by atoms with Crippen molar-refractivity contribution in [2.24, 2.45) is 0 Å². The van der Waals surface area contributed by atoms with Crippen LogP contribution in [0.1, 0.15) is 0 Å². The molecule has 90 valence electrons. The number of rotatable bonds is 2. The maximum Gasteiger partial charge on any atom is 0.173 e. The standard InChI is InChI=1S/C12H9ClN4S/c1-14-11-8-4-7(13)2-3-9(8)16-12(17-11)10-5-15-6-18-10/h2-6H,1H3,(H,14,16,17). The van der Waals surface area contributed by atoms with Crippen molar-refractivity contribution in [1.29, 1.82) is 0 Å². The Kier molecular flexibility index (Phi) is 2.85. The zero-order valence-electron chi connectivity index (χ0n) is 9.51. The van der Waals surface area contributed by atoms with Gasteiger partial charge in [-0.25, -0.2) is 9.97 Å². The summed E-state index contributed by atoms with van der Waals surface area (Å²) in [6.45, 7) is 0. The lowest BCUT2D eigenvalue weighted by atomic mass is 10.2. The van der Waals surface area contributed by atoms with Gasteiger partial charge in [-0.3, -0.25) is 4.98 Å². The van der Waals surface area contributed by atoms with E-state index in [1.807, 2.05) is 25.2 Å². The Morgan fingerprint density at radius 3 is 2.89 bits per heavy atom. The second-order valence-corrected chi connectivity index (χ2v) is 5.00. The van der Waals surface area contributed by atoms with Crippen LogP contribution in [0.15, 0.2) is 29.9 Å². The number of aromatic nitrogens is 3. The number of halogens is 1. The molecule has 0 unspecified atom stereocenters. The lowest BCUT2D eigenvalue weighted by Gasteiger charge is -2.07. The second kappa shape index (κ2) is 4.51. The number of fused-ring (bicyclic) bond motifs is 1. The first kappa shape index (κ1) is 11.4. The van der Waals surface area contributed by atoms with E-state index in [-0.39, 0.29) is 0 Å². The highest BCUT2D eigenvalue weighted by Crippen LogP contribution is 2.28. The molecular weight excluding hydrogens is 268 g/mol. The van der Waals surface area contributed by atoms with E-state index in [9.17, 15) is 0 Å². The molecule has 0 spiro atoms. The van der Waals surface area contributed by atoms with Gasteiger partial charge >= 0.3 is 0 Å². The first-order valence-electron chi connectivity index (χ1n) is 5.32. The Balaban J connectivity index is 2.28. The van der Waals surface area contributed by atoms with Crippen molar-refractivity contribution >= 4 is 39.7 Å². The number of nitrogens with zero attached hydrogens (tertiary/aromatic N) is 3. The highest BCUT2D eigenvalue weighted by atomic mass is 35.5. The predicted octanol–water partition coefficient (Wildman–Crippen LogP) is 3.45. The Morgan fingerprint density at radius 2 is 2.17 bits per heavy atom. The van der Waals surface area contributed by atoms with E-state index >= 15 is 0 Å². The average Bonchev–Trinajstić information content (AvgIpc) is 2.91. The highest BCUT2D eigenvalue weighted by molar-refractivity contribution is 7.13. The summed E-state index contributed by atoms with van der Waals surface area (Å²) in [4.78, 5) is 14.0. The number of hydrogen-bond acceptors (Lipinski definition) is 5. The molecule has 2 aromatic heterocycles. The van der Waals surface area contributed by atoms with E-state index in [4.69, 9.17) is 11.6 Å². The van der Waals surface area contributed by atoms with E-state index in [1.165, 1.54) is 11.3 Å². The van der Waals surface area contributed by atoms with Gasteiger partial charge in [0.2, 0.25) is 0 Å². The molecule has 0 saturated heterocycles. The monoisotopic (exact) mass is 276 g/mol. The molecule has 2 heterocycles. The first-order chi connectivity index (χ1) is 8.78. The van der Waals surface area contributed by atoms with Crippen LogP contribution < -0.4 is 5.32 Å². The Morgan fingerprint density at radius 1 is 1.28 bits per heavy atom. The minimum Gasteiger partial charge on any atom is -0.373 e. The van der Waals surface area contributed by atoms with Crippen LogP contribution in [0.2, 0.25) is 5.02 Å². The fourth-order valence-corrected chi connectivity index (χ4v) is 2.45. The van der Waals surface area contributed by atoms with Gasteiger partial charge in [0.1, 0.15) is 5.82 Å². The summed E-state index contributed by atoms with van der Waals surface area (Å²) >= 11 is 7.51. The molecule has 0 aliphatic heterocycles. The van der Waals surface area contributed by atoms with E-state index < -0.39 is 0 Å². The summed E-state index contributed by atoms with van der Waals surface area (Å²) in [6, 6.07) is 5.58. The molecule has 0 aliphatic carbocycles. The van der Waals surface area contributed by atoms with E-state index in [2.05, 4.69) is 20.3 Å².